The van der Waals surface area contributed by atoms with Gasteiger partial charge in [0.15, 0.2) is 0 Å². The van der Waals surface area contributed by atoms with Crippen LogP contribution in [0, 0.1) is 0 Å². The highest BCUT2D eigenvalue weighted by Gasteiger charge is 2.31. The van der Waals surface area contributed by atoms with E-state index in [0.29, 0.717) is 6.92 Å². The van der Waals surface area contributed by atoms with E-state index in [0.717, 1.165) is 7.11 Å². The van der Waals surface area contributed by atoms with Crippen molar-refractivity contribution in [3.8, 4) is 0 Å². The summed E-state index contributed by atoms with van der Waals surface area (Å²) in [6.45, 7) is 0.584. The van der Waals surface area contributed by atoms with Crippen molar-refractivity contribution in [2.75, 3.05) is 7.11 Å². The van der Waals surface area contributed by atoms with E-state index in [9.17, 15) is 8.78 Å². The van der Waals surface area contributed by atoms with Gasteiger partial charge in [-0.2, -0.15) is 0 Å². The lowest BCUT2D eigenvalue weighted by Crippen LogP contribution is -2.31. The summed E-state index contributed by atoms with van der Waals surface area (Å²) in [6, 6.07) is 0. The quantitative estimate of drug-likeness (QED) is 0.549. The molecule has 0 radical (unpaired) electrons. The monoisotopic (exact) mass is 126 g/mol. The molecule has 0 saturated carbocycles. The summed E-state index contributed by atoms with van der Waals surface area (Å²) in [5.74, 6) is -3.16. The molecule has 0 bridgehead atoms. The number of methoxy groups -OCH3 is 1. The van der Waals surface area contributed by atoms with E-state index >= 15 is 0 Å². The summed E-state index contributed by atoms with van der Waals surface area (Å²) < 4.78 is 27.4. The molecule has 1 unspecified atom stereocenters. The molecule has 1 N–H and O–H groups in total. The summed E-state index contributed by atoms with van der Waals surface area (Å²) in [5.41, 5.74) is 0. The standard InChI is InChI=1S/C4H8F2O2/c1-4(5,6)3(7)8-2/h3,7H,1-2H3. The SMILES string of the molecule is COC(O)C(C)(F)F. The largest absolute Gasteiger partial charge is 0.363 e. The smallest absolute Gasteiger partial charge is 0.295 e. The summed E-state index contributed by atoms with van der Waals surface area (Å²) in [6.07, 6.45) is -1.98. The van der Waals surface area contributed by atoms with Crippen molar-refractivity contribution in [3.05, 3.63) is 0 Å². The van der Waals surface area contributed by atoms with Gasteiger partial charge in [0, 0.05) is 14.0 Å². The lowest BCUT2D eigenvalue weighted by Gasteiger charge is -2.14. The molecule has 0 rings (SSSR count). The van der Waals surface area contributed by atoms with Crippen molar-refractivity contribution in [1.29, 1.82) is 0 Å². The van der Waals surface area contributed by atoms with Gasteiger partial charge in [0.1, 0.15) is 0 Å². The first kappa shape index (κ1) is 7.78. The number of aliphatic hydroxyl groups excluding tert-OH is 1. The highest BCUT2D eigenvalue weighted by Crippen LogP contribution is 2.16. The van der Waals surface area contributed by atoms with Crippen LogP contribution in [0.25, 0.3) is 0 Å². The molecule has 50 valence electrons. The van der Waals surface area contributed by atoms with Crippen molar-refractivity contribution < 1.29 is 18.6 Å². The first-order valence-corrected chi connectivity index (χ1v) is 2.07. The van der Waals surface area contributed by atoms with Crippen molar-refractivity contribution in [2.45, 2.75) is 19.1 Å². The van der Waals surface area contributed by atoms with Crippen LogP contribution in [0.15, 0.2) is 0 Å². The van der Waals surface area contributed by atoms with Crippen molar-refractivity contribution in [3.63, 3.8) is 0 Å². The van der Waals surface area contributed by atoms with E-state index in [2.05, 4.69) is 4.74 Å². The lowest BCUT2D eigenvalue weighted by atomic mass is 10.4. The highest BCUT2D eigenvalue weighted by atomic mass is 19.3. The first-order chi connectivity index (χ1) is 3.48. The fourth-order valence-corrected chi connectivity index (χ4v) is 0.207. The Morgan fingerprint density at radius 3 is 2.00 bits per heavy atom. The summed E-state index contributed by atoms with van der Waals surface area (Å²) in [5, 5.41) is 8.22. The molecule has 0 fully saturated rings. The van der Waals surface area contributed by atoms with Crippen LogP contribution in [0.2, 0.25) is 0 Å². The number of hydrogen-bond donors (Lipinski definition) is 1. The van der Waals surface area contributed by atoms with Crippen molar-refractivity contribution in [2.24, 2.45) is 0 Å². The van der Waals surface area contributed by atoms with Crippen LogP contribution in [0.5, 0.6) is 0 Å². The Kier molecular flexibility index (Phi) is 2.30. The molecule has 0 aliphatic heterocycles. The van der Waals surface area contributed by atoms with E-state index in [1.807, 2.05) is 0 Å². The number of ether oxygens (including phenoxy) is 1. The molecular weight excluding hydrogens is 118 g/mol. The summed E-state index contributed by atoms with van der Waals surface area (Å²) in [4.78, 5) is 0. The van der Waals surface area contributed by atoms with Crippen molar-refractivity contribution >= 4 is 0 Å². The van der Waals surface area contributed by atoms with Crippen LogP contribution in [-0.4, -0.2) is 24.4 Å². The summed E-state index contributed by atoms with van der Waals surface area (Å²) in [7, 11) is 1.02. The summed E-state index contributed by atoms with van der Waals surface area (Å²) >= 11 is 0. The van der Waals surface area contributed by atoms with Crippen molar-refractivity contribution in [1.82, 2.24) is 0 Å². The molecule has 1 atom stereocenters. The maximum Gasteiger partial charge on any atom is 0.295 e. The molecule has 0 aromatic rings. The molecule has 0 saturated heterocycles. The normalized spacial score (nSPS) is 16.1. The fraction of sp³-hybridized carbons (Fsp3) is 1.00. The van der Waals surface area contributed by atoms with E-state index in [4.69, 9.17) is 5.11 Å². The Morgan fingerprint density at radius 2 is 2.00 bits per heavy atom. The second-order valence-electron chi connectivity index (χ2n) is 1.54. The lowest BCUT2D eigenvalue weighted by molar-refractivity contribution is -0.213. The zero-order valence-corrected chi connectivity index (χ0v) is 4.69. The Hall–Kier alpha value is -0.220. The third kappa shape index (κ3) is 2.18. The van der Waals surface area contributed by atoms with Gasteiger partial charge in [-0.15, -0.1) is 0 Å². The Bertz CT molecular complexity index is 68.9. The van der Waals surface area contributed by atoms with Crippen LogP contribution in [-0.2, 0) is 4.74 Å². The maximum atomic E-state index is 11.7. The zero-order chi connectivity index (χ0) is 6.78. The number of rotatable bonds is 2. The molecule has 0 aromatic carbocycles. The Balaban J connectivity index is 3.62. The molecule has 0 spiro atoms. The average Bonchev–Trinajstić information content (AvgIpc) is 1.62. The minimum Gasteiger partial charge on any atom is -0.363 e. The molecule has 0 amide bonds. The molecule has 2 nitrogen and oxygen atoms in total. The number of halogens is 2. The van der Waals surface area contributed by atoms with Gasteiger partial charge in [0.2, 0.25) is 6.29 Å². The van der Waals surface area contributed by atoms with E-state index in [-0.39, 0.29) is 0 Å². The van der Waals surface area contributed by atoms with Gasteiger partial charge in [-0.3, -0.25) is 0 Å². The number of alkyl halides is 2. The second-order valence-corrected chi connectivity index (χ2v) is 1.54. The van der Waals surface area contributed by atoms with E-state index in [1.165, 1.54) is 0 Å². The maximum absolute atomic E-state index is 11.7. The van der Waals surface area contributed by atoms with Gasteiger partial charge < -0.3 is 9.84 Å². The topological polar surface area (TPSA) is 29.5 Å². The van der Waals surface area contributed by atoms with Gasteiger partial charge in [0.25, 0.3) is 5.92 Å². The third-order valence-corrected chi connectivity index (χ3v) is 0.657. The van der Waals surface area contributed by atoms with Crippen LogP contribution in [0.4, 0.5) is 8.78 Å². The van der Waals surface area contributed by atoms with E-state index < -0.39 is 12.2 Å². The predicted octanol–water partition coefficient (Wildman–Crippen LogP) is 0.606. The minimum atomic E-state index is -3.16. The van der Waals surface area contributed by atoms with Crippen LogP contribution >= 0.6 is 0 Å². The Morgan fingerprint density at radius 1 is 1.62 bits per heavy atom. The number of aliphatic hydroxyl groups is 1. The van der Waals surface area contributed by atoms with Gasteiger partial charge in [-0.05, 0) is 0 Å². The molecule has 0 aliphatic rings. The highest BCUT2D eigenvalue weighted by molar-refractivity contribution is 4.59. The van der Waals surface area contributed by atoms with Crippen LogP contribution < -0.4 is 0 Å². The van der Waals surface area contributed by atoms with Gasteiger partial charge in [-0.25, -0.2) is 8.78 Å². The van der Waals surface area contributed by atoms with Crippen LogP contribution in [0.1, 0.15) is 6.92 Å². The average molecular weight is 126 g/mol. The molecule has 4 heteroatoms. The van der Waals surface area contributed by atoms with Crippen LogP contribution in [0.3, 0.4) is 0 Å². The second kappa shape index (κ2) is 2.37. The fourth-order valence-electron chi connectivity index (χ4n) is 0.207. The van der Waals surface area contributed by atoms with Gasteiger partial charge >= 0.3 is 0 Å². The molecule has 0 aliphatic carbocycles. The van der Waals surface area contributed by atoms with E-state index in [1.54, 1.807) is 0 Å². The molecular formula is C4H8F2O2. The first-order valence-electron chi connectivity index (χ1n) is 2.07. The molecule has 8 heavy (non-hydrogen) atoms. The molecule has 0 heterocycles. The third-order valence-electron chi connectivity index (χ3n) is 0.657. The van der Waals surface area contributed by atoms with Gasteiger partial charge in [0.05, 0.1) is 0 Å². The van der Waals surface area contributed by atoms with Gasteiger partial charge in [-0.1, -0.05) is 0 Å². The molecule has 0 aromatic heterocycles. The number of hydrogen-bond acceptors (Lipinski definition) is 2. The zero-order valence-electron chi connectivity index (χ0n) is 4.69. The Labute approximate surface area is 46.1 Å². The minimum absolute atomic E-state index is 0.584. The predicted molar refractivity (Wildman–Crippen MR) is 23.6 cm³/mol.